The van der Waals surface area contributed by atoms with Crippen LogP contribution in [0.1, 0.15) is 74.1 Å². The molecular formula is C22H40O4Si. The highest BCUT2D eigenvalue weighted by Crippen LogP contribution is 2.45. The Morgan fingerprint density at radius 2 is 1.48 bits per heavy atom. The van der Waals surface area contributed by atoms with Gasteiger partial charge in [-0.1, -0.05) is 48.5 Å². The van der Waals surface area contributed by atoms with Crippen molar-refractivity contribution >= 4 is 8.32 Å². The monoisotopic (exact) mass is 396 g/mol. The number of ether oxygens (including phenoxy) is 2. The van der Waals surface area contributed by atoms with E-state index in [-0.39, 0.29) is 30.5 Å². The van der Waals surface area contributed by atoms with Crippen LogP contribution in [-0.2, 0) is 13.9 Å². The fraction of sp³-hybridized carbons (Fsp3) is 0.909. The molecule has 2 saturated heterocycles. The normalized spacial score (nSPS) is 30.7. The van der Waals surface area contributed by atoms with E-state index in [2.05, 4.69) is 54.4 Å². The van der Waals surface area contributed by atoms with E-state index in [4.69, 9.17) is 20.3 Å². The van der Waals surface area contributed by atoms with Gasteiger partial charge in [-0.3, -0.25) is 0 Å². The molecule has 0 amide bonds. The van der Waals surface area contributed by atoms with Crippen LogP contribution >= 0.6 is 0 Å². The van der Waals surface area contributed by atoms with Gasteiger partial charge in [-0.25, -0.2) is 0 Å². The minimum Gasteiger partial charge on any atom is -0.411 e. The molecule has 1 N–H and O–H groups in total. The molecule has 0 saturated carbocycles. The summed E-state index contributed by atoms with van der Waals surface area (Å²) < 4.78 is 19.5. The van der Waals surface area contributed by atoms with Gasteiger partial charge in [0.25, 0.3) is 0 Å². The summed E-state index contributed by atoms with van der Waals surface area (Å²) in [5.74, 6) is 2.52. The molecule has 0 aromatic carbocycles. The lowest BCUT2D eigenvalue weighted by molar-refractivity contribution is -0.0429. The second-order valence-electron chi connectivity index (χ2n) is 9.26. The van der Waals surface area contributed by atoms with Gasteiger partial charge in [0, 0.05) is 19.3 Å². The third-order valence-electron chi connectivity index (χ3n) is 6.68. The molecule has 5 heteroatoms. The molecule has 2 aliphatic rings. The first-order valence-corrected chi connectivity index (χ1v) is 12.9. The van der Waals surface area contributed by atoms with Gasteiger partial charge in [-0.05, 0) is 23.0 Å². The van der Waals surface area contributed by atoms with Crippen molar-refractivity contribution in [2.24, 2.45) is 0 Å². The molecule has 2 rings (SSSR count). The van der Waals surface area contributed by atoms with E-state index in [9.17, 15) is 5.11 Å². The quantitative estimate of drug-likeness (QED) is 0.455. The molecule has 0 radical (unpaired) electrons. The van der Waals surface area contributed by atoms with Crippen LogP contribution in [0.5, 0.6) is 0 Å². The zero-order valence-corrected chi connectivity index (χ0v) is 19.3. The van der Waals surface area contributed by atoms with Crippen LogP contribution in [0.4, 0.5) is 0 Å². The molecule has 27 heavy (non-hydrogen) atoms. The second kappa shape index (κ2) is 9.41. The van der Waals surface area contributed by atoms with E-state index in [1.165, 1.54) is 0 Å². The fourth-order valence-electron chi connectivity index (χ4n) is 5.44. The Bertz CT molecular complexity index is 477. The van der Waals surface area contributed by atoms with Crippen molar-refractivity contribution in [1.82, 2.24) is 0 Å². The van der Waals surface area contributed by atoms with Crippen molar-refractivity contribution in [1.29, 1.82) is 0 Å². The average molecular weight is 397 g/mol. The van der Waals surface area contributed by atoms with E-state index in [0.29, 0.717) is 23.0 Å². The predicted molar refractivity (Wildman–Crippen MR) is 112 cm³/mol. The average Bonchev–Trinajstić information content (AvgIpc) is 3.14. The number of aliphatic hydroxyl groups excluding tert-OH is 1. The number of rotatable bonds is 9. The van der Waals surface area contributed by atoms with Crippen LogP contribution in [0.2, 0.25) is 16.6 Å². The maximum absolute atomic E-state index is 10.1. The van der Waals surface area contributed by atoms with Gasteiger partial charge < -0.3 is 19.0 Å². The fourth-order valence-corrected chi connectivity index (χ4v) is 11.1. The number of aliphatic hydroxyl groups is 1. The SMILES string of the molecule is C#CC[C@@H](O)[C@@H]1C[C@@H]2O[C@H]([C@H](CC)O[Si](C(C)C)(C(C)C)C(C)C)C[C@@H]2O1. The van der Waals surface area contributed by atoms with Crippen LogP contribution in [0.15, 0.2) is 0 Å². The summed E-state index contributed by atoms with van der Waals surface area (Å²) >= 11 is 0. The van der Waals surface area contributed by atoms with Crippen molar-refractivity contribution in [3.05, 3.63) is 0 Å². The number of fused-ring (bicyclic) bond motifs is 1. The van der Waals surface area contributed by atoms with E-state index in [1.807, 2.05) is 0 Å². The highest BCUT2D eigenvalue weighted by Gasteiger charge is 2.51. The maximum atomic E-state index is 10.1. The number of hydrogen-bond donors (Lipinski definition) is 1. The Morgan fingerprint density at radius 1 is 1.00 bits per heavy atom. The van der Waals surface area contributed by atoms with Gasteiger partial charge in [0.05, 0.1) is 36.6 Å². The van der Waals surface area contributed by atoms with Gasteiger partial charge >= 0.3 is 0 Å². The smallest absolute Gasteiger partial charge is 0.200 e. The van der Waals surface area contributed by atoms with Crippen molar-refractivity contribution in [2.45, 2.75) is 127 Å². The standard InChI is InChI=1S/C22H40O4Si/c1-9-11-17(23)19-12-21-22(24-19)13-20(25-21)18(10-2)26-27(14(3)4,15(5)6)16(7)8/h1,14-23H,10-13H2,2-8H3/t17-,18+,19+,20+,21+,22+/m1/s1. The second-order valence-corrected chi connectivity index (χ2v) is 14.7. The molecular weight excluding hydrogens is 356 g/mol. The molecule has 0 aromatic rings. The molecule has 2 fully saturated rings. The van der Waals surface area contributed by atoms with Crippen LogP contribution in [0.3, 0.4) is 0 Å². The lowest BCUT2D eigenvalue weighted by Crippen LogP contribution is -2.52. The third-order valence-corrected chi connectivity index (χ3v) is 12.8. The summed E-state index contributed by atoms with van der Waals surface area (Å²) in [6.07, 6.45) is 7.69. The van der Waals surface area contributed by atoms with Gasteiger partial charge in [-0.2, -0.15) is 0 Å². The molecule has 0 aliphatic carbocycles. The Hall–Kier alpha value is -0.383. The van der Waals surface area contributed by atoms with Gasteiger partial charge in [-0.15, -0.1) is 12.3 Å². The Kier molecular flexibility index (Phi) is 7.98. The lowest BCUT2D eigenvalue weighted by Gasteiger charge is -2.45. The molecule has 6 atom stereocenters. The first-order valence-electron chi connectivity index (χ1n) is 10.8. The van der Waals surface area contributed by atoms with Crippen LogP contribution in [0, 0.1) is 12.3 Å². The maximum Gasteiger partial charge on any atom is 0.200 e. The van der Waals surface area contributed by atoms with E-state index < -0.39 is 14.4 Å². The summed E-state index contributed by atoms with van der Waals surface area (Å²) in [6, 6.07) is 0. The molecule has 0 unspecified atom stereocenters. The van der Waals surface area contributed by atoms with Crippen molar-refractivity contribution in [2.75, 3.05) is 0 Å². The first kappa shape index (κ1) is 22.9. The van der Waals surface area contributed by atoms with Crippen molar-refractivity contribution in [3.8, 4) is 12.3 Å². The summed E-state index contributed by atoms with van der Waals surface area (Å²) in [4.78, 5) is 0. The van der Waals surface area contributed by atoms with E-state index in [0.717, 1.165) is 19.3 Å². The van der Waals surface area contributed by atoms with Crippen LogP contribution in [-0.4, -0.2) is 50.0 Å². The molecule has 156 valence electrons. The van der Waals surface area contributed by atoms with Gasteiger partial charge in [0.15, 0.2) is 0 Å². The predicted octanol–water partition coefficient (Wildman–Crippen LogP) is 4.66. The molecule has 2 aliphatic heterocycles. The topological polar surface area (TPSA) is 47.9 Å². The molecule has 2 heterocycles. The highest BCUT2D eigenvalue weighted by atomic mass is 28.4. The summed E-state index contributed by atoms with van der Waals surface area (Å²) in [5, 5.41) is 10.1. The summed E-state index contributed by atoms with van der Waals surface area (Å²) in [6.45, 7) is 16.1. The third kappa shape index (κ3) is 4.62. The molecule has 4 nitrogen and oxygen atoms in total. The Labute approximate surface area is 167 Å². The lowest BCUT2D eigenvalue weighted by atomic mass is 10.0. The van der Waals surface area contributed by atoms with Crippen LogP contribution in [0.25, 0.3) is 0 Å². The van der Waals surface area contributed by atoms with Crippen molar-refractivity contribution in [3.63, 3.8) is 0 Å². The minimum absolute atomic E-state index is 0.0540. The summed E-state index contributed by atoms with van der Waals surface area (Å²) in [7, 11) is -1.94. The van der Waals surface area contributed by atoms with E-state index in [1.54, 1.807) is 0 Å². The van der Waals surface area contributed by atoms with E-state index >= 15 is 0 Å². The molecule has 0 bridgehead atoms. The highest BCUT2D eigenvalue weighted by molar-refractivity contribution is 6.77. The minimum atomic E-state index is -1.94. The molecule has 0 aromatic heterocycles. The zero-order valence-electron chi connectivity index (χ0n) is 18.3. The summed E-state index contributed by atoms with van der Waals surface area (Å²) in [5.41, 5.74) is 1.69. The Balaban J connectivity index is 2.05. The van der Waals surface area contributed by atoms with Crippen molar-refractivity contribution < 1.29 is 19.0 Å². The van der Waals surface area contributed by atoms with Gasteiger partial charge in [0.2, 0.25) is 8.32 Å². The first-order chi connectivity index (χ1) is 12.7. The Morgan fingerprint density at radius 3 is 1.93 bits per heavy atom. The largest absolute Gasteiger partial charge is 0.411 e. The van der Waals surface area contributed by atoms with Gasteiger partial charge in [0.1, 0.15) is 0 Å². The zero-order chi connectivity index (χ0) is 20.4. The van der Waals surface area contributed by atoms with Crippen LogP contribution < -0.4 is 0 Å². The number of hydrogen-bond acceptors (Lipinski definition) is 4. The molecule has 0 spiro atoms. The number of terminal acetylenes is 1.